The smallest absolute Gasteiger partial charge is 0.190 e. The summed E-state index contributed by atoms with van der Waals surface area (Å²) >= 11 is 0. The molecule has 5 heteroatoms. The van der Waals surface area contributed by atoms with E-state index in [4.69, 9.17) is 0 Å². The monoisotopic (exact) mass is 307 g/mol. The van der Waals surface area contributed by atoms with Gasteiger partial charge in [0, 0.05) is 39.1 Å². The predicted octanol–water partition coefficient (Wildman–Crippen LogP) is 3.04. The van der Waals surface area contributed by atoms with Gasteiger partial charge < -0.3 is 10.6 Å². The van der Waals surface area contributed by atoms with E-state index in [9.17, 15) is 0 Å². The van der Waals surface area contributed by atoms with Gasteiger partial charge in [0.1, 0.15) is 0 Å². The van der Waals surface area contributed by atoms with E-state index in [1.165, 1.54) is 25.7 Å². The van der Waals surface area contributed by atoms with Crippen LogP contribution in [-0.4, -0.2) is 35.9 Å². The van der Waals surface area contributed by atoms with E-state index in [1.54, 1.807) is 0 Å². The van der Waals surface area contributed by atoms with Gasteiger partial charge in [0.2, 0.25) is 0 Å². The second kappa shape index (κ2) is 10.2. The molecule has 126 valence electrons. The van der Waals surface area contributed by atoms with Crippen LogP contribution in [0.2, 0.25) is 0 Å². The Balaban J connectivity index is 2.18. The fraction of sp³-hybridized carbons (Fsp3) is 0.765. The highest BCUT2D eigenvalue weighted by Gasteiger charge is 2.17. The highest BCUT2D eigenvalue weighted by molar-refractivity contribution is 5.79. The van der Waals surface area contributed by atoms with Crippen molar-refractivity contribution in [3.63, 3.8) is 0 Å². The van der Waals surface area contributed by atoms with Crippen LogP contribution in [0.3, 0.4) is 0 Å². The Morgan fingerprint density at radius 1 is 1.23 bits per heavy atom. The molecule has 0 amide bonds. The lowest BCUT2D eigenvalue weighted by atomic mass is 9.87. The average Bonchev–Trinajstić information content (AvgIpc) is 3.00. The molecule has 1 rings (SSSR count). The summed E-state index contributed by atoms with van der Waals surface area (Å²) in [6, 6.07) is 1.95. The van der Waals surface area contributed by atoms with E-state index in [0.29, 0.717) is 5.41 Å². The lowest BCUT2D eigenvalue weighted by Gasteiger charge is -2.26. The molecule has 0 unspecified atom stereocenters. The fourth-order valence-corrected chi connectivity index (χ4v) is 2.37. The molecule has 1 aromatic rings. The Kier molecular flexibility index (Phi) is 8.63. The van der Waals surface area contributed by atoms with Crippen LogP contribution in [0, 0.1) is 5.41 Å². The molecule has 0 atom stereocenters. The molecule has 2 N–H and O–H groups in total. The van der Waals surface area contributed by atoms with Crippen LogP contribution in [0.1, 0.15) is 52.9 Å². The molecule has 0 aromatic carbocycles. The van der Waals surface area contributed by atoms with Gasteiger partial charge in [0.05, 0.1) is 0 Å². The van der Waals surface area contributed by atoms with E-state index in [2.05, 4.69) is 41.5 Å². The molecule has 0 fully saturated rings. The van der Waals surface area contributed by atoms with Crippen molar-refractivity contribution in [2.24, 2.45) is 10.4 Å². The van der Waals surface area contributed by atoms with Crippen molar-refractivity contribution in [2.75, 3.05) is 20.1 Å². The molecule has 0 saturated heterocycles. The number of aromatic nitrogens is 2. The molecule has 0 aliphatic heterocycles. The van der Waals surface area contributed by atoms with Crippen molar-refractivity contribution in [3.05, 3.63) is 18.5 Å². The first kappa shape index (κ1) is 18.5. The lowest BCUT2D eigenvalue weighted by molar-refractivity contribution is 0.318. The zero-order valence-corrected chi connectivity index (χ0v) is 14.7. The maximum absolute atomic E-state index is 4.29. The molecule has 0 spiro atoms. The molecule has 22 heavy (non-hydrogen) atoms. The summed E-state index contributed by atoms with van der Waals surface area (Å²) in [5.74, 6) is 0.893. The van der Waals surface area contributed by atoms with E-state index in [0.717, 1.165) is 32.0 Å². The molecule has 0 bridgehead atoms. The Bertz CT molecular complexity index is 409. The van der Waals surface area contributed by atoms with Gasteiger partial charge in [-0.3, -0.25) is 9.67 Å². The third kappa shape index (κ3) is 8.05. The Morgan fingerprint density at radius 3 is 2.68 bits per heavy atom. The number of nitrogens with one attached hydrogen (secondary N) is 2. The second-order valence-electron chi connectivity index (χ2n) is 6.60. The summed E-state index contributed by atoms with van der Waals surface area (Å²) in [5, 5.41) is 11.0. The lowest BCUT2D eigenvalue weighted by Crippen LogP contribution is -2.42. The van der Waals surface area contributed by atoms with Gasteiger partial charge >= 0.3 is 0 Å². The number of hydrogen-bond donors (Lipinski definition) is 2. The van der Waals surface area contributed by atoms with E-state index in [1.807, 2.05) is 30.2 Å². The van der Waals surface area contributed by atoms with Crippen molar-refractivity contribution in [1.29, 1.82) is 0 Å². The molecule has 5 nitrogen and oxygen atoms in total. The predicted molar refractivity (Wildman–Crippen MR) is 94.1 cm³/mol. The van der Waals surface area contributed by atoms with Crippen molar-refractivity contribution in [1.82, 2.24) is 20.4 Å². The van der Waals surface area contributed by atoms with Crippen molar-refractivity contribution in [2.45, 2.75) is 59.4 Å². The first-order valence-electron chi connectivity index (χ1n) is 8.49. The van der Waals surface area contributed by atoms with Crippen molar-refractivity contribution < 1.29 is 0 Å². The summed E-state index contributed by atoms with van der Waals surface area (Å²) in [6.45, 7) is 9.67. The zero-order valence-electron chi connectivity index (χ0n) is 14.7. The van der Waals surface area contributed by atoms with Gasteiger partial charge in [-0.1, -0.05) is 40.0 Å². The molecule has 0 radical (unpaired) electrons. The van der Waals surface area contributed by atoms with Crippen molar-refractivity contribution >= 4 is 5.96 Å². The van der Waals surface area contributed by atoms with Crippen LogP contribution >= 0.6 is 0 Å². The molecule has 0 aliphatic rings. The second-order valence-corrected chi connectivity index (χ2v) is 6.60. The Morgan fingerprint density at radius 2 is 2.05 bits per heavy atom. The summed E-state index contributed by atoms with van der Waals surface area (Å²) in [7, 11) is 1.83. The first-order chi connectivity index (χ1) is 10.6. The number of guanidine groups is 1. The average molecular weight is 307 g/mol. The van der Waals surface area contributed by atoms with Crippen LogP contribution in [0.5, 0.6) is 0 Å². The maximum Gasteiger partial charge on any atom is 0.190 e. The minimum Gasteiger partial charge on any atom is -0.356 e. The van der Waals surface area contributed by atoms with Crippen LogP contribution in [0.25, 0.3) is 0 Å². The number of nitrogens with zero attached hydrogens (tertiary/aromatic N) is 3. The van der Waals surface area contributed by atoms with Crippen LogP contribution in [0.4, 0.5) is 0 Å². The fourth-order valence-electron chi connectivity index (χ4n) is 2.37. The van der Waals surface area contributed by atoms with Crippen LogP contribution in [-0.2, 0) is 6.54 Å². The highest BCUT2D eigenvalue weighted by Crippen LogP contribution is 2.22. The number of aryl methyl sites for hydroxylation is 1. The number of rotatable bonds is 10. The third-order valence-electron chi connectivity index (χ3n) is 3.83. The molecule has 0 saturated carbocycles. The number of hydrogen-bond acceptors (Lipinski definition) is 2. The van der Waals surface area contributed by atoms with Gasteiger partial charge in [-0.2, -0.15) is 5.10 Å². The summed E-state index contributed by atoms with van der Waals surface area (Å²) < 4.78 is 1.95. The Hall–Kier alpha value is -1.52. The molecular formula is C17H33N5. The molecule has 1 heterocycles. The summed E-state index contributed by atoms with van der Waals surface area (Å²) in [4.78, 5) is 4.29. The molecule has 0 aliphatic carbocycles. The number of unbranched alkanes of at least 4 members (excludes halogenated alkanes) is 2. The normalized spacial score (nSPS) is 12.5. The summed E-state index contributed by atoms with van der Waals surface area (Å²) in [6.07, 6.45) is 10.0. The van der Waals surface area contributed by atoms with Gasteiger partial charge in [0.25, 0.3) is 0 Å². The minimum absolute atomic E-state index is 0.307. The quantitative estimate of drug-likeness (QED) is 0.397. The summed E-state index contributed by atoms with van der Waals surface area (Å²) in [5.41, 5.74) is 0.307. The van der Waals surface area contributed by atoms with Gasteiger partial charge in [-0.15, -0.1) is 0 Å². The zero-order chi connectivity index (χ0) is 16.3. The van der Waals surface area contributed by atoms with E-state index < -0.39 is 0 Å². The first-order valence-corrected chi connectivity index (χ1v) is 8.49. The van der Waals surface area contributed by atoms with Crippen LogP contribution in [0.15, 0.2) is 23.5 Å². The van der Waals surface area contributed by atoms with Crippen molar-refractivity contribution in [3.8, 4) is 0 Å². The van der Waals surface area contributed by atoms with Gasteiger partial charge in [-0.25, -0.2) is 0 Å². The van der Waals surface area contributed by atoms with E-state index >= 15 is 0 Å². The largest absolute Gasteiger partial charge is 0.356 e. The third-order valence-corrected chi connectivity index (χ3v) is 3.83. The van der Waals surface area contributed by atoms with Gasteiger partial charge in [0.15, 0.2) is 5.96 Å². The molecule has 1 aromatic heterocycles. The topological polar surface area (TPSA) is 54.2 Å². The van der Waals surface area contributed by atoms with Crippen LogP contribution < -0.4 is 10.6 Å². The maximum atomic E-state index is 4.29. The highest BCUT2D eigenvalue weighted by atomic mass is 15.3. The Labute approximate surface area is 135 Å². The minimum atomic E-state index is 0.307. The SMILES string of the molecule is CCCCCC(C)(C)CNC(=NC)NCCCn1cccn1. The standard InChI is InChI=1S/C17H33N5/c1-5-6-7-10-17(2,3)15-20-16(18-4)19-11-8-13-22-14-9-12-21-22/h9,12,14H,5-8,10-11,13,15H2,1-4H3,(H2,18,19,20). The van der Waals surface area contributed by atoms with Gasteiger partial charge in [-0.05, 0) is 24.3 Å². The van der Waals surface area contributed by atoms with E-state index in [-0.39, 0.29) is 0 Å². The molecular weight excluding hydrogens is 274 g/mol. The number of aliphatic imine (C=N–C) groups is 1.